The minimum atomic E-state index is -0.545. The molecular weight excluding hydrogens is 301 g/mol. The summed E-state index contributed by atoms with van der Waals surface area (Å²) in [5, 5.41) is 3.89. The Hall–Kier alpha value is -3.22. The van der Waals surface area contributed by atoms with E-state index in [-0.39, 0.29) is 12.4 Å². The minimum absolute atomic E-state index is 0.184. The van der Waals surface area contributed by atoms with Crippen LogP contribution in [-0.4, -0.2) is 22.7 Å². The lowest BCUT2D eigenvalue weighted by Crippen LogP contribution is -2.19. The number of hydrogen-bond donors (Lipinski definition) is 1. The number of carbonyl (C=O) groups excluding carboxylic acids is 1. The Kier molecular flexibility index (Phi) is 4.01. The topological polar surface area (TPSA) is 91.2 Å². The normalized spacial score (nSPS) is 10.5. The molecule has 0 saturated carbocycles. The van der Waals surface area contributed by atoms with Crippen LogP contribution in [0.2, 0.25) is 0 Å². The smallest absolute Gasteiger partial charge is 0.258 e. The van der Waals surface area contributed by atoms with Gasteiger partial charge in [-0.3, -0.25) is 4.79 Å². The van der Waals surface area contributed by atoms with E-state index in [4.69, 9.17) is 15.0 Å². The zero-order chi connectivity index (χ0) is 16.2. The fraction of sp³-hybridized carbons (Fsp3) is 0.0625. The third kappa shape index (κ3) is 3.52. The van der Waals surface area contributed by atoms with Gasteiger partial charge in [-0.25, -0.2) is 4.39 Å². The van der Waals surface area contributed by atoms with Crippen molar-refractivity contribution in [3.8, 4) is 28.6 Å². The molecule has 1 heterocycles. The highest BCUT2D eigenvalue weighted by Gasteiger charge is 2.11. The molecular formula is C16H12FN3O3. The summed E-state index contributed by atoms with van der Waals surface area (Å²) in [5.74, 6) is 0.325. The zero-order valence-corrected chi connectivity index (χ0v) is 11.9. The Balaban J connectivity index is 1.77. The Morgan fingerprint density at radius 1 is 1.09 bits per heavy atom. The Labute approximate surface area is 130 Å². The van der Waals surface area contributed by atoms with Crippen molar-refractivity contribution in [1.82, 2.24) is 10.1 Å². The number of primary amides is 1. The van der Waals surface area contributed by atoms with E-state index in [1.165, 1.54) is 12.1 Å². The van der Waals surface area contributed by atoms with Crippen LogP contribution in [0.5, 0.6) is 5.75 Å². The van der Waals surface area contributed by atoms with Crippen molar-refractivity contribution in [2.24, 2.45) is 5.73 Å². The summed E-state index contributed by atoms with van der Waals surface area (Å²) in [6.45, 7) is -0.184. The Bertz CT molecular complexity index is 813. The minimum Gasteiger partial charge on any atom is -0.484 e. The molecule has 7 heteroatoms. The molecule has 0 radical (unpaired) electrons. The first kappa shape index (κ1) is 14.7. The van der Waals surface area contributed by atoms with Gasteiger partial charge in [0, 0.05) is 11.1 Å². The predicted octanol–water partition coefficient (Wildman–Crippen LogP) is 2.41. The molecule has 1 amide bonds. The van der Waals surface area contributed by atoms with Crippen LogP contribution in [0.15, 0.2) is 53.1 Å². The molecule has 0 atom stereocenters. The number of carbonyl (C=O) groups is 1. The first-order valence-electron chi connectivity index (χ1n) is 6.73. The molecule has 0 aliphatic heterocycles. The molecule has 0 unspecified atom stereocenters. The number of halogens is 1. The van der Waals surface area contributed by atoms with Gasteiger partial charge in [0.05, 0.1) is 0 Å². The predicted molar refractivity (Wildman–Crippen MR) is 79.8 cm³/mol. The van der Waals surface area contributed by atoms with E-state index in [0.29, 0.717) is 28.6 Å². The fourth-order valence-corrected chi connectivity index (χ4v) is 1.91. The molecule has 3 aromatic rings. The molecule has 0 spiro atoms. The number of rotatable bonds is 5. The average molecular weight is 313 g/mol. The molecule has 3 rings (SSSR count). The van der Waals surface area contributed by atoms with Crippen molar-refractivity contribution >= 4 is 5.91 Å². The lowest BCUT2D eigenvalue weighted by atomic mass is 10.2. The van der Waals surface area contributed by atoms with Gasteiger partial charge in [0.1, 0.15) is 11.6 Å². The van der Waals surface area contributed by atoms with Gasteiger partial charge in [-0.2, -0.15) is 4.98 Å². The van der Waals surface area contributed by atoms with E-state index in [2.05, 4.69) is 10.1 Å². The largest absolute Gasteiger partial charge is 0.484 e. The first-order valence-corrected chi connectivity index (χ1v) is 6.73. The Morgan fingerprint density at radius 2 is 1.74 bits per heavy atom. The van der Waals surface area contributed by atoms with Gasteiger partial charge in [0.2, 0.25) is 5.82 Å². The van der Waals surface area contributed by atoms with Crippen molar-refractivity contribution < 1.29 is 18.4 Å². The molecule has 2 N–H and O–H groups in total. The molecule has 0 aliphatic carbocycles. The SMILES string of the molecule is NC(=O)COc1ccc(-c2noc(-c3ccc(F)cc3)n2)cc1. The molecule has 6 nitrogen and oxygen atoms in total. The number of nitrogens with two attached hydrogens (primary N) is 1. The second kappa shape index (κ2) is 6.27. The summed E-state index contributed by atoms with van der Waals surface area (Å²) in [4.78, 5) is 14.9. The number of amides is 1. The van der Waals surface area contributed by atoms with Crippen LogP contribution in [0.1, 0.15) is 0 Å². The maximum absolute atomic E-state index is 12.9. The molecule has 2 aromatic carbocycles. The van der Waals surface area contributed by atoms with Crippen molar-refractivity contribution in [3.63, 3.8) is 0 Å². The standard InChI is InChI=1S/C16H12FN3O3/c17-12-5-1-11(2-6-12)16-19-15(20-23-16)10-3-7-13(8-4-10)22-9-14(18)21/h1-8H,9H2,(H2,18,21). The lowest BCUT2D eigenvalue weighted by Gasteiger charge is -2.03. The van der Waals surface area contributed by atoms with Crippen molar-refractivity contribution in [2.45, 2.75) is 0 Å². The maximum atomic E-state index is 12.9. The molecule has 0 aliphatic rings. The zero-order valence-electron chi connectivity index (χ0n) is 11.9. The first-order chi connectivity index (χ1) is 11.1. The molecule has 116 valence electrons. The van der Waals surface area contributed by atoms with Crippen LogP contribution in [-0.2, 0) is 4.79 Å². The van der Waals surface area contributed by atoms with Crippen LogP contribution in [0.25, 0.3) is 22.8 Å². The van der Waals surface area contributed by atoms with Crippen molar-refractivity contribution in [2.75, 3.05) is 6.61 Å². The van der Waals surface area contributed by atoms with E-state index >= 15 is 0 Å². The van der Waals surface area contributed by atoms with E-state index in [0.717, 1.165) is 0 Å². The summed E-state index contributed by atoms with van der Waals surface area (Å²) in [7, 11) is 0. The number of ether oxygens (including phenoxy) is 1. The molecule has 0 bridgehead atoms. The summed E-state index contributed by atoms with van der Waals surface area (Å²) >= 11 is 0. The second-order valence-corrected chi connectivity index (χ2v) is 4.71. The summed E-state index contributed by atoms with van der Waals surface area (Å²) in [6, 6.07) is 12.6. The lowest BCUT2D eigenvalue weighted by molar-refractivity contribution is -0.119. The maximum Gasteiger partial charge on any atom is 0.258 e. The van der Waals surface area contributed by atoms with E-state index < -0.39 is 5.91 Å². The summed E-state index contributed by atoms with van der Waals surface area (Å²) < 4.78 is 23.3. The van der Waals surface area contributed by atoms with Crippen molar-refractivity contribution in [1.29, 1.82) is 0 Å². The average Bonchev–Trinajstić information content (AvgIpc) is 3.04. The highest BCUT2D eigenvalue weighted by atomic mass is 19.1. The van der Waals surface area contributed by atoms with Gasteiger partial charge in [-0.1, -0.05) is 5.16 Å². The number of benzene rings is 2. The third-order valence-corrected chi connectivity index (χ3v) is 3.01. The third-order valence-electron chi connectivity index (χ3n) is 3.01. The molecule has 0 saturated heterocycles. The van der Waals surface area contributed by atoms with Gasteiger partial charge in [-0.05, 0) is 48.5 Å². The Morgan fingerprint density at radius 3 is 2.39 bits per heavy atom. The van der Waals surface area contributed by atoms with Gasteiger partial charge in [-0.15, -0.1) is 0 Å². The van der Waals surface area contributed by atoms with Crippen LogP contribution >= 0.6 is 0 Å². The van der Waals surface area contributed by atoms with Crippen LogP contribution in [0, 0.1) is 5.82 Å². The van der Waals surface area contributed by atoms with Crippen LogP contribution in [0.4, 0.5) is 4.39 Å². The number of hydrogen-bond acceptors (Lipinski definition) is 5. The fourth-order valence-electron chi connectivity index (χ4n) is 1.91. The van der Waals surface area contributed by atoms with E-state index in [1.54, 1.807) is 36.4 Å². The number of nitrogens with zero attached hydrogens (tertiary/aromatic N) is 2. The van der Waals surface area contributed by atoms with Gasteiger partial charge < -0.3 is 15.0 Å². The van der Waals surface area contributed by atoms with Gasteiger partial charge >= 0.3 is 0 Å². The summed E-state index contributed by atoms with van der Waals surface area (Å²) in [5.41, 5.74) is 6.36. The quantitative estimate of drug-likeness (QED) is 0.781. The second-order valence-electron chi connectivity index (χ2n) is 4.71. The highest BCUT2D eigenvalue weighted by molar-refractivity contribution is 5.75. The van der Waals surface area contributed by atoms with E-state index in [1.807, 2.05) is 0 Å². The monoisotopic (exact) mass is 313 g/mol. The van der Waals surface area contributed by atoms with E-state index in [9.17, 15) is 9.18 Å². The number of aromatic nitrogens is 2. The molecule has 23 heavy (non-hydrogen) atoms. The van der Waals surface area contributed by atoms with Crippen molar-refractivity contribution in [3.05, 3.63) is 54.3 Å². The van der Waals surface area contributed by atoms with Crippen LogP contribution < -0.4 is 10.5 Å². The molecule has 0 fully saturated rings. The summed E-state index contributed by atoms with van der Waals surface area (Å²) in [6.07, 6.45) is 0. The van der Waals surface area contributed by atoms with Gasteiger partial charge in [0.25, 0.3) is 11.8 Å². The molecule has 1 aromatic heterocycles. The van der Waals surface area contributed by atoms with Gasteiger partial charge in [0.15, 0.2) is 6.61 Å². The highest BCUT2D eigenvalue weighted by Crippen LogP contribution is 2.24. The van der Waals surface area contributed by atoms with Crippen LogP contribution in [0.3, 0.4) is 0 Å².